The molecule has 8 N–H and O–H groups in total. The van der Waals surface area contributed by atoms with Crippen LogP contribution in [0, 0.1) is 0 Å². The number of imidazole rings is 1. The lowest BCUT2D eigenvalue weighted by Gasteiger charge is -2.21. The Balaban J connectivity index is 1.13. The first-order valence-corrected chi connectivity index (χ1v) is 19.8. The number of aromatic nitrogens is 6. The number of phosphoric ester groups is 2. The fraction of sp³-hybridized carbons (Fsp3) is 0.550. The molecule has 5 rings (SSSR count). The first-order valence-electron chi connectivity index (χ1n) is 13.9. The number of aliphatic hydroxyl groups excluding tert-OH is 3. The van der Waals surface area contributed by atoms with E-state index in [-0.39, 0.29) is 17.6 Å². The number of hydrogen-bond acceptors (Lipinski definition) is 19. The minimum atomic E-state index is -6.19. The van der Waals surface area contributed by atoms with Gasteiger partial charge in [0.15, 0.2) is 17.4 Å². The van der Waals surface area contributed by atoms with Gasteiger partial charge >= 0.3 is 37.0 Å². The summed E-state index contributed by atoms with van der Waals surface area (Å²) in [6, 6.07) is 0.881. The number of phosphoric acid groups is 4. The van der Waals surface area contributed by atoms with E-state index in [9.17, 15) is 67.5 Å². The number of nitrogens with one attached hydrogen (secondary N) is 1. The Bertz CT molecular complexity index is 2150. The van der Waals surface area contributed by atoms with Crippen molar-refractivity contribution in [2.24, 2.45) is 7.05 Å². The molecule has 31 heteroatoms. The van der Waals surface area contributed by atoms with Crippen LogP contribution in [0.3, 0.4) is 0 Å². The van der Waals surface area contributed by atoms with Crippen LogP contribution in [0.5, 0.6) is 0 Å². The van der Waals surface area contributed by atoms with Crippen LogP contribution >= 0.6 is 31.3 Å². The minimum Gasteiger partial charge on any atom is -0.390 e. The van der Waals surface area contributed by atoms with E-state index < -0.39 is 104 Å². The van der Waals surface area contributed by atoms with Gasteiger partial charge in [-0.25, -0.2) is 33.0 Å². The van der Waals surface area contributed by atoms with Crippen molar-refractivity contribution in [1.82, 2.24) is 28.7 Å². The number of rotatable bonds is 14. The second kappa shape index (κ2) is 14.7. The normalized spacial score (nSPS) is 30.1. The Morgan fingerprint density at radius 3 is 2.02 bits per heavy atom. The van der Waals surface area contributed by atoms with E-state index in [1.54, 1.807) is 0 Å². The third kappa shape index (κ3) is 9.31. The van der Waals surface area contributed by atoms with E-state index in [4.69, 9.17) is 9.47 Å². The van der Waals surface area contributed by atoms with Gasteiger partial charge in [-0.05, 0) is 0 Å². The molecule has 0 radical (unpaired) electrons. The highest BCUT2D eigenvalue weighted by Gasteiger charge is 2.49. The molecule has 0 aromatic carbocycles. The maximum Gasteiger partial charge on any atom is 0.490 e. The first kappa shape index (κ1) is 39.6. The van der Waals surface area contributed by atoms with E-state index in [0.717, 1.165) is 12.3 Å². The molecule has 0 aliphatic carbocycles. The van der Waals surface area contributed by atoms with Crippen molar-refractivity contribution in [3.05, 3.63) is 56.1 Å². The molecule has 2 fully saturated rings. The Morgan fingerprint density at radius 2 is 1.41 bits per heavy atom. The van der Waals surface area contributed by atoms with Crippen LogP contribution in [0.25, 0.3) is 11.2 Å². The molecule has 2 aliphatic heterocycles. The van der Waals surface area contributed by atoms with Crippen LogP contribution in [0.4, 0.5) is 0 Å². The average Bonchev–Trinajstić information content (AvgIpc) is 3.67. The quantitative estimate of drug-likeness (QED) is 0.0776. The molecular weight excluding hydrogens is 784 g/mol. The molecular formula is C20H28N6O21P4. The third-order valence-electron chi connectivity index (χ3n) is 7.04. The van der Waals surface area contributed by atoms with Crippen LogP contribution in [0.2, 0.25) is 0 Å². The first-order chi connectivity index (χ1) is 23.6. The van der Waals surface area contributed by atoms with Crippen LogP contribution in [0.1, 0.15) is 18.9 Å². The van der Waals surface area contributed by atoms with Crippen molar-refractivity contribution in [3.63, 3.8) is 0 Å². The summed E-state index contributed by atoms with van der Waals surface area (Å²) in [5, 5.41) is 30.8. The average molecular weight is 812 g/mol. The van der Waals surface area contributed by atoms with E-state index >= 15 is 0 Å². The van der Waals surface area contributed by atoms with Gasteiger partial charge in [0.25, 0.3) is 11.1 Å². The number of aromatic amines is 1. The SMILES string of the molecule is Cn1cnc2c(ncn2[C@H]2C[C@H](O)[C@@H](COP(=O)(O)OP(=O)(O)OP(=O)(O)OP(=O)(O)OC[C@H]3O[C@@H](n4ccc(=O)[nH]c4=O)[C@H](O)[C@@H]3O)O2)c1=O. The summed E-state index contributed by atoms with van der Waals surface area (Å²) in [6.07, 6.45) is -7.72. The van der Waals surface area contributed by atoms with Crippen molar-refractivity contribution in [2.45, 2.75) is 49.4 Å². The zero-order valence-electron chi connectivity index (χ0n) is 25.3. The van der Waals surface area contributed by atoms with Crippen molar-refractivity contribution in [2.75, 3.05) is 13.2 Å². The highest BCUT2D eigenvalue weighted by Crippen LogP contribution is 2.71. The summed E-state index contributed by atoms with van der Waals surface area (Å²) >= 11 is 0. The van der Waals surface area contributed by atoms with Gasteiger partial charge in [0.2, 0.25) is 0 Å². The molecule has 3 aromatic rings. The standard InChI is InChI=1S/C20H28N6O21P4/c1-24-7-22-17-14(18(24)31)21-8-26(17)13-4-9(27)10(43-13)5-41-48(33,34)45-50(37,38)47-51(39,40)46-49(35,36)42-6-11-15(29)16(30)19(44-11)25-3-2-12(28)23-20(25)32/h2-3,7-11,13,15-16,19,27,29-30H,4-6H2,1H3,(H,33,34)(H,35,36)(H,37,38)(H,39,40)(H,23,28,32)/t9-,10+,11+,13+,15+,16+,19+/m0/s1. The predicted octanol–water partition coefficient (Wildman–Crippen LogP) is -2.57. The minimum absolute atomic E-state index is 0.0168. The molecule has 0 saturated carbocycles. The lowest BCUT2D eigenvalue weighted by Crippen LogP contribution is -2.37. The summed E-state index contributed by atoms with van der Waals surface area (Å²) in [6.45, 7) is -2.17. The Labute approximate surface area is 281 Å². The van der Waals surface area contributed by atoms with Gasteiger partial charge in [-0.2, -0.15) is 12.9 Å². The summed E-state index contributed by atoms with van der Waals surface area (Å²) in [4.78, 5) is 84.7. The maximum atomic E-state index is 12.4. The topological polar surface area (TPSA) is 382 Å². The Hall–Kier alpha value is -2.61. The molecule has 2 saturated heterocycles. The van der Waals surface area contributed by atoms with E-state index in [1.165, 1.54) is 28.8 Å². The highest BCUT2D eigenvalue weighted by molar-refractivity contribution is 7.69. The van der Waals surface area contributed by atoms with Gasteiger partial charge in [-0.3, -0.25) is 32.8 Å². The van der Waals surface area contributed by atoms with E-state index in [2.05, 4.69) is 31.9 Å². The Kier molecular flexibility index (Phi) is 11.4. The second-order valence-corrected chi connectivity index (χ2v) is 16.9. The Morgan fingerprint density at radius 1 is 0.824 bits per heavy atom. The van der Waals surface area contributed by atoms with Crippen molar-refractivity contribution < 1.29 is 84.6 Å². The van der Waals surface area contributed by atoms with Crippen LogP contribution in [0.15, 0.2) is 39.3 Å². The zero-order valence-corrected chi connectivity index (χ0v) is 28.9. The third-order valence-corrected chi connectivity index (χ3v) is 12.9. The molecule has 0 spiro atoms. The fourth-order valence-electron chi connectivity index (χ4n) is 4.77. The molecule has 51 heavy (non-hydrogen) atoms. The van der Waals surface area contributed by atoms with Gasteiger partial charge in [-0.1, -0.05) is 0 Å². The molecule has 4 unspecified atom stereocenters. The lowest BCUT2D eigenvalue weighted by atomic mass is 10.1. The molecule has 0 bridgehead atoms. The lowest BCUT2D eigenvalue weighted by molar-refractivity contribution is -0.0542. The largest absolute Gasteiger partial charge is 0.490 e. The monoisotopic (exact) mass is 812 g/mol. The molecule has 27 nitrogen and oxygen atoms in total. The molecule has 284 valence electrons. The van der Waals surface area contributed by atoms with Gasteiger partial charge in [-0.15, -0.1) is 0 Å². The number of fused-ring (bicyclic) bond motifs is 1. The number of aryl methyl sites for hydroxylation is 1. The number of H-pyrrole nitrogens is 1. The number of nitrogens with zero attached hydrogens (tertiary/aromatic N) is 5. The zero-order chi connectivity index (χ0) is 37.7. The van der Waals surface area contributed by atoms with Crippen molar-refractivity contribution >= 4 is 42.5 Å². The second-order valence-electron chi connectivity index (χ2n) is 10.7. The van der Waals surface area contributed by atoms with Gasteiger partial charge < -0.3 is 48.9 Å². The molecule has 0 amide bonds. The van der Waals surface area contributed by atoms with Crippen molar-refractivity contribution in [3.8, 4) is 0 Å². The number of ether oxygens (including phenoxy) is 2. The summed E-state index contributed by atoms with van der Waals surface area (Å²) in [7, 11) is -22.4. The van der Waals surface area contributed by atoms with E-state index in [0.29, 0.717) is 4.57 Å². The van der Waals surface area contributed by atoms with Gasteiger partial charge in [0, 0.05) is 25.7 Å². The van der Waals surface area contributed by atoms with Crippen LogP contribution < -0.4 is 16.8 Å². The molecule has 3 aromatic heterocycles. The molecule has 2 aliphatic rings. The maximum absolute atomic E-state index is 12.4. The van der Waals surface area contributed by atoms with E-state index in [1.807, 2.05) is 4.98 Å². The predicted molar refractivity (Wildman–Crippen MR) is 159 cm³/mol. The van der Waals surface area contributed by atoms with Crippen molar-refractivity contribution in [1.29, 1.82) is 0 Å². The fourth-order valence-corrected chi connectivity index (χ4v) is 9.72. The summed E-state index contributed by atoms with van der Waals surface area (Å²) in [5.41, 5.74) is -2.26. The van der Waals surface area contributed by atoms with Crippen LogP contribution in [-0.4, -0.2) is 107 Å². The number of aliphatic hydroxyl groups is 3. The summed E-state index contributed by atoms with van der Waals surface area (Å²) < 4.78 is 83.6. The smallest absolute Gasteiger partial charge is 0.390 e. The summed E-state index contributed by atoms with van der Waals surface area (Å²) in [5.74, 6) is 0. The highest BCUT2D eigenvalue weighted by atomic mass is 31.3. The number of hydrogen-bond donors (Lipinski definition) is 8. The molecule has 5 heterocycles. The van der Waals surface area contributed by atoms with Crippen LogP contribution in [-0.2, 0) is 56.8 Å². The van der Waals surface area contributed by atoms with Gasteiger partial charge in [0.1, 0.15) is 30.6 Å². The van der Waals surface area contributed by atoms with Gasteiger partial charge in [0.05, 0.1) is 32.0 Å². The molecule has 11 atom stereocenters.